The Morgan fingerprint density at radius 1 is 1.11 bits per heavy atom. The molecule has 2 heterocycles. The van der Waals surface area contributed by atoms with Gasteiger partial charge in [-0.15, -0.1) is 0 Å². The summed E-state index contributed by atoms with van der Waals surface area (Å²) >= 11 is 0. The van der Waals surface area contributed by atoms with Crippen molar-refractivity contribution in [1.29, 1.82) is 0 Å². The van der Waals surface area contributed by atoms with Gasteiger partial charge in [0.05, 0.1) is 17.9 Å². The van der Waals surface area contributed by atoms with Crippen molar-refractivity contribution in [2.45, 2.75) is 59.2 Å². The first kappa shape index (κ1) is 13.0. The van der Waals surface area contributed by atoms with Crippen molar-refractivity contribution >= 4 is 6.08 Å². The molecule has 0 saturated carbocycles. The zero-order valence-electron chi connectivity index (χ0n) is 12.2. The molecule has 0 aliphatic carbocycles. The van der Waals surface area contributed by atoms with Crippen LogP contribution in [0.15, 0.2) is 11.0 Å². The number of hydrogen-bond donors (Lipinski definition) is 1. The molecule has 1 aliphatic heterocycles. The summed E-state index contributed by atoms with van der Waals surface area (Å²) in [5.74, 6) is 0. The molecule has 100 valence electrons. The Bertz CT molecular complexity index is 535. The molecule has 0 saturated heterocycles. The maximum atomic E-state index is 12.1. The summed E-state index contributed by atoms with van der Waals surface area (Å²) in [5, 5.41) is 0. The van der Waals surface area contributed by atoms with Crippen LogP contribution in [0.1, 0.15) is 52.9 Å². The van der Waals surface area contributed by atoms with Crippen LogP contribution < -0.4 is 5.69 Å². The molecule has 1 aromatic rings. The predicted molar refractivity (Wildman–Crippen MR) is 74.4 cm³/mol. The van der Waals surface area contributed by atoms with E-state index in [1.54, 1.807) is 0 Å². The summed E-state index contributed by atoms with van der Waals surface area (Å²) in [6.07, 6.45) is 4.05. The van der Waals surface area contributed by atoms with Crippen LogP contribution in [0.2, 0.25) is 0 Å². The molecule has 0 radical (unpaired) electrons. The summed E-state index contributed by atoms with van der Waals surface area (Å²) in [5.41, 5.74) is 1.85. The lowest BCUT2D eigenvalue weighted by molar-refractivity contribution is 0.187. The lowest BCUT2D eigenvalue weighted by atomic mass is 10.0. The lowest BCUT2D eigenvalue weighted by Crippen LogP contribution is -2.40. The van der Waals surface area contributed by atoms with Crippen molar-refractivity contribution < 1.29 is 0 Å². The molecule has 0 bridgehead atoms. The van der Waals surface area contributed by atoms with Gasteiger partial charge in [-0.2, -0.15) is 0 Å². The highest BCUT2D eigenvalue weighted by atomic mass is 16.1. The van der Waals surface area contributed by atoms with E-state index in [-0.39, 0.29) is 16.8 Å². The predicted octanol–water partition coefficient (Wildman–Crippen LogP) is 2.52. The fraction of sp³-hybridized carbons (Fsp3) is 0.643. The Balaban J connectivity index is 2.51. The largest absolute Gasteiger partial charge is 0.367 e. The van der Waals surface area contributed by atoms with E-state index in [9.17, 15) is 4.79 Å². The summed E-state index contributed by atoms with van der Waals surface area (Å²) in [7, 11) is 0. The average molecular weight is 249 g/mol. The number of fused-ring (bicyclic) bond motifs is 1. The van der Waals surface area contributed by atoms with Crippen LogP contribution in [-0.4, -0.2) is 20.0 Å². The standard InChI is InChI=1S/C14H23N3O/c1-13(2,3)16-8-7-10-11(9-16)17(12(18)15-10)14(4,5)6/h7-8H,9H2,1-6H3,(H,15,18). The van der Waals surface area contributed by atoms with Gasteiger partial charge in [0.1, 0.15) is 0 Å². The number of aromatic amines is 1. The van der Waals surface area contributed by atoms with Crippen LogP contribution in [-0.2, 0) is 12.1 Å². The minimum absolute atomic E-state index is 0.0205. The average Bonchev–Trinajstić information content (AvgIpc) is 2.49. The Morgan fingerprint density at radius 2 is 1.72 bits per heavy atom. The van der Waals surface area contributed by atoms with E-state index in [4.69, 9.17) is 0 Å². The lowest BCUT2D eigenvalue weighted by Gasteiger charge is -2.37. The van der Waals surface area contributed by atoms with Crippen LogP contribution >= 0.6 is 0 Å². The van der Waals surface area contributed by atoms with Crippen LogP contribution in [0.3, 0.4) is 0 Å². The molecule has 4 nitrogen and oxygen atoms in total. The number of H-pyrrole nitrogens is 1. The van der Waals surface area contributed by atoms with Crippen LogP contribution in [0, 0.1) is 0 Å². The molecule has 0 unspecified atom stereocenters. The Kier molecular flexibility index (Phi) is 2.72. The molecular weight excluding hydrogens is 226 g/mol. The summed E-state index contributed by atoms with van der Waals surface area (Å²) in [6, 6.07) is 0. The second kappa shape index (κ2) is 3.77. The molecule has 0 aromatic carbocycles. The maximum Gasteiger partial charge on any atom is 0.326 e. The van der Waals surface area contributed by atoms with Gasteiger partial charge in [0.25, 0.3) is 0 Å². The summed E-state index contributed by atoms with van der Waals surface area (Å²) in [4.78, 5) is 17.3. The van der Waals surface area contributed by atoms with Crippen molar-refractivity contribution in [1.82, 2.24) is 14.5 Å². The molecule has 0 fully saturated rings. The van der Waals surface area contributed by atoms with Gasteiger partial charge in [-0.1, -0.05) is 0 Å². The SMILES string of the molecule is CC(C)(C)N1C=Cc2[nH]c(=O)n(C(C)(C)C)c2C1. The molecule has 0 amide bonds. The smallest absolute Gasteiger partial charge is 0.326 e. The molecular formula is C14H23N3O. The highest BCUT2D eigenvalue weighted by Crippen LogP contribution is 2.26. The number of rotatable bonds is 0. The van der Waals surface area contributed by atoms with E-state index in [2.05, 4.69) is 57.6 Å². The van der Waals surface area contributed by atoms with Crippen molar-refractivity contribution in [2.24, 2.45) is 0 Å². The zero-order valence-corrected chi connectivity index (χ0v) is 12.2. The summed E-state index contributed by atoms with van der Waals surface area (Å²) < 4.78 is 1.87. The molecule has 2 rings (SSSR count). The Labute approximate surface area is 108 Å². The first-order valence-corrected chi connectivity index (χ1v) is 6.40. The first-order valence-electron chi connectivity index (χ1n) is 6.40. The number of aromatic nitrogens is 2. The second-order valence-corrected chi connectivity index (χ2v) is 6.91. The van der Waals surface area contributed by atoms with E-state index in [0.717, 1.165) is 17.9 Å². The monoisotopic (exact) mass is 249 g/mol. The molecule has 0 atom stereocenters. The van der Waals surface area contributed by atoms with E-state index in [0.29, 0.717) is 0 Å². The third-order valence-corrected chi connectivity index (χ3v) is 3.30. The number of imidazole rings is 1. The van der Waals surface area contributed by atoms with Gasteiger partial charge in [-0.3, -0.25) is 4.57 Å². The van der Waals surface area contributed by atoms with Gasteiger partial charge in [0, 0.05) is 17.3 Å². The van der Waals surface area contributed by atoms with Crippen molar-refractivity contribution in [3.63, 3.8) is 0 Å². The van der Waals surface area contributed by atoms with E-state index in [1.165, 1.54) is 0 Å². The van der Waals surface area contributed by atoms with Crippen molar-refractivity contribution in [3.8, 4) is 0 Å². The van der Waals surface area contributed by atoms with E-state index >= 15 is 0 Å². The molecule has 1 aliphatic rings. The fourth-order valence-electron chi connectivity index (χ4n) is 2.33. The highest BCUT2D eigenvalue weighted by molar-refractivity contribution is 5.50. The molecule has 0 spiro atoms. The second-order valence-electron chi connectivity index (χ2n) is 6.91. The number of hydrogen-bond acceptors (Lipinski definition) is 2. The van der Waals surface area contributed by atoms with Gasteiger partial charge in [-0.05, 0) is 47.6 Å². The van der Waals surface area contributed by atoms with Crippen LogP contribution in [0.25, 0.3) is 6.08 Å². The van der Waals surface area contributed by atoms with Crippen LogP contribution in [0.5, 0.6) is 0 Å². The minimum atomic E-state index is -0.199. The Morgan fingerprint density at radius 3 is 2.22 bits per heavy atom. The van der Waals surface area contributed by atoms with Crippen molar-refractivity contribution in [3.05, 3.63) is 28.1 Å². The van der Waals surface area contributed by atoms with Crippen molar-refractivity contribution in [2.75, 3.05) is 0 Å². The fourth-order valence-corrected chi connectivity index (χ4v) is 2.33. The molecule has 18 heavy (non-hydrogen) atoms. The topological polar surface area (TPSA) is 41.0 Å². The number of nitrogens with one attached hydrogen (secondary N) is 1. The Hall–Kier alpha value is -1.45. The maximum absolute atomic E-state index is 12.1. The summed E-state index contributed by atoms with van der Waals surface area (Å²) in [6.45, 7) is 13.5. The van der Waals surface area contributed by atoms with Gasteiger partial charge in [0.2, 0.25) is 0 Å². The highest BCUT2D eigenvalue weighted by Gasteiger charge is 2.28. The van der Waals surface area contributed by atoms with Gasteiger partial charge < -0.3 is 9.88 Å². The third-order valence-electron chi connectivity index (χ3n) is 3.30. The quantitative estimate of drug-likeness (QED) is 0.767. The molecule has 1 aromatic heterocycles. The van der Waals surface area contributed by atoms with Gasteiger partial charge >= 0.3 is 5.69 Å². The first-order chi connectivity index (χ1) is 8.10. The van der Waals surface area contributed by atoms with E-state index in [1.807, 2.05) is 10.6 Å². The van der Waals surface area contributed by atoms with E-state index < -0.39 is 0 Å². The third kappa shape index (κ3) is 2.11. The van der Waals surface area contributed by atoms with Crippen LogP contribution in [0.4, 0.5) is 0 Å². The molecule has 1 N–H and O–H groups in total. The minimum Gasteiger partial charge on any atom is -0.367 e. The van der Waals surface area contributed by atoms with Gasteiger partial charge in [0.15, 0.2) is 0 Å². The molecule has 4 heteroatoms. The number of nitrogens with zero attached hydrogens (tertiary/aromatic N) is 2. The van der Waals surface area contributed by atoms with Gasteiger partial charge in [-0.25, -0.2) is 4.79 Å². The zero-order chi connectivity index (χ0) is 13.7. The normalized spacial score (nSPS) is 16.0.